The van der Waals surface area contributed by atoms with Crippen molar-refractivity contribution in [1.82, 2.24) is 5.32 Å². The highest BCUT2D eigenvalue weighted by Gasteiger charge is 2.55. The van der Waals surface area contributed by atoms with E-state index in [9.17, 15) is 4.79 Å². The van der Waals surface area contributed by atoms with E-state index in [0.717, 1.165) is 25.9 Å². The van der Waals surface area contributed by atoms with Gasteiger partial charge in [-0.05, 0) is 50.9 Å². The van der Waals surface area contributed by atoms with Crippen molar-refractivity contribution in [2.45, 2.75) is 51.4 Å². The Balaban J connectivity index is 0.000000637. The minimum Gasteiger partial charge on any atom is -0.317 e. The molecule has 1 aromatic carbocycles. The van der Waals surface area contributed by atoms with Crippen molar-refractivity contribution in [1.29, 1.82) is 0 Å². The fraction of sp³-hybridized carbons (Fsp3) is 0.588. The highest BCUT2D eigenvalue weighted by atomic mass is 16.1. The maximum atomic E-state index is 12.8. The molecule has 0 atom stereocenters. The molecule has 0 aromatic heterocycles. The maximum absolute atomic E-state index is 12.8. The Hall–Kier alpha value is -1.15. The molecule has 1 spiro atoms. The second-order valence-corrected chi connectivity index (χ2v) is 5.83. The number of ketones is 1. The summed E-state index contributed by atoms with van der Waals surface area (Å²) in [7, 11) is 0. The third-order valence-electron chi connectivity index (χ3n) is 4.58. The summed E-state index contributed by atoms with van der Waals surface area (Å²) in [5, 5.41) is 3.36. The molecule has 3 rings (SSSR count). The van der Waals surface area contributed by atoms with Crippen LogP contribution < -0.4 is 5.32 Å². The Morgan fingerprint density at radius 1 is 1.00 bits per heavy atom. The summed E-state index contributed by atoms with van der Waals surface area (Å²) in [5.74, 6) is 0.424. The fourth-order valence-electron chi connectivity index (χ4n) is 3.64. The number of hydrogen-bond acceptors (Lipinski definition) is 2. The molecule has 19 heavy (non-hydrogen) atoms. The van der Waals surface area contributed by atoms with Gasteiger partial charge in [-0.2, -0.15) is 0 Å². The van der Waals surface area contributed by atoms with Gasteiger partial charge in [-0.15, -0.1) is 0 Å². The van der Waals surface area contributed by atoms with Gasteiger partial charge in [0, 0.05) is 5.41 Å². The van der Waals surface area contributed by atoms with Crippen LogP contribution in [0.5, 0.6) is 0 Å². The van der Waals surface area contributed by atoms with E-state index in [1.165, 1.54) is 11.1 Å². The van der Waals surface area contributed by atoms with Crippen LogP contribution in [0.4, 0.5) is 0 Å². The number of Topliss-reactive ketones (excluding diaryl/α,β-unsaturated/α-hetero) is 1. The number of nitrogens with one attached hydrogen (secondary N) is 1. The molecule has 2 heteroatoms. The molecule has 1 saturated heterocycles. The summed E-state index contributed by atoms with van der Waals surface area (Å²) in [6.07, 6.45) is 1.90. The summed E-state index contributed by atoms with van der Waals surface area (Å²) < 4.78 is 0. The van der Waals surface area contributed by atoms with Crippen LogP contribution in [0.3, 0.4) is 0 Å². The molecule has 0 radical (unpaired) electrons. The maximum Gasteiger partial charge on any atom is 0.153 e. The number of piperidine rings is 1. The largest absolute Gasteiger partial charge is 0.317 e. The first-order valence-electron chi connectivity index (χ1n) is 7.45. The lowest BCUT2D eigenvalue weighted by atomic mass is 9.71. The number of fused-ring (bicyclic) bond motifs is 2. The Morgan fingerprint density at radius 2 is 1.53 bits per heavy atom. The summed E-state index contributed by atoms with van der Waals surface area (Å²) in [4.78, 5) is 12.8. The zero-order valence-electron chi connectivity index (χ0n) is 12.5. The molecule has 2 nitrogen and oxygen atoms in total. The van der Waals surface area contributed by atoms with Crippen molar-refractivity contribution in [2.75, 3.05) is 13.1 Å². The molecular formula is C17H25NO. The van der Waals surface area contributed by atoms with Crippen molar-refractivity contribution < 1.29 is 4.79 Å². The number of carbonyl (C=O) groups excluding carboxylic acids is 1. The zero-order valence-corrected chi connectivity index (χ0v) is 12.5. The Labute approximate surface area is 116 Å². The first-order chi connectivity index (χ1) is 9.09. The van der Waals surface area contributed by atoms with Crippen LogP contribution in [-0.4, -0.2) is 18.9 Å². The molecular weight excluding hydrogens is 234 g/mol. The fourth-order valence-corrected chi connectivity index (χ4v) is 3.64. The van der Waals surface area contributed by atoms with Gasteiger partial charge >= 0.3 is 0 Å². The SMILES string of the molecule is CC.CC1(C)C(=O)C2(CCNCC2)c2ccccc21. The first kappa shape index (κ1) is 14.3. The van der Waals surface area contributed by atoms with Crippen molar-refractivity contribution in [3.8, 4) is 0 Å². The van der Waals surface area contributed by atoms with Gasteiger partial charge in [0.1, 0.15) is 0 Å². The molecule has 1 aromatic rings. The number of carbonyl (C=O) groups is 1. The molecule has 1 N–H and O–H groups in total. The first-order valence-corrected chi connectivity index (χ1v) is 7.45. The average Bonchev–Trinajstić information content (AvgIpc) is 2.63. The van der Waals surface area contributed by atoms with Gasteiger partial charge in [-0.3, -0.25) is 4.79 Å². The van der Waals surface area contributed by atoms with Crippen LogP contribution in [-0.2, 0) is 15.6 Å². The molecule has 0 bridgehead atoms. The van der Waals surface area contributed by atoms with Gasteiger partial charge in [-0.1, -0.05) is 38.1 Å². The number of rotatable bonds is 0. The lowest BCUT2D eigenvalue weighted by molar-refractivity contribution is -0.128. The topological polar surface area (TPSA) is 29.1 Å². The normalized spacial score (nSPS) is 22.6. The molecule has 0 amide bonds. The van der Waals surface area contributed by atoms with E-state index in [0.29, 0.717) is 5.78 Å². The summed E-state index contributed by atoms with van der Waals surface area (Å²) in [5.41, 5.74) is 2.02. The van der Waals surface area contributed by atoms with Crippen molar-refractivity contribution in [3.63, 3.8) is 0 Å². The van der Waals surface area contributed by atoms with E-state index >= 15 is 0 Å². The molecule has 0 unspecified atom stereocenters. The Morgan fingerprint density at radius 3 is 2.11 bits per heavy atom. The smallest absolute Gasteiger partial charge is 0.153 e. The lowest BCUT2D eigenvalue weighted by Crippen LogP contribution is -2.46. The number of benzene rings is 1. The third-order valence-corrected chi connectivity index (χ3v) is 4.58. The molecule has 1 heterocycles. The van der Waals surface area contributed by atoms with E-state index in [1.54, 1.807) is 0 Å². The molecule has 1 fully saturated rings. The molecule has 1 aliphatic heterocycles. The second kappa shape index (κ2) is 5.09. The molecule has 0 saturated carbocycles. The Kier molecular flexibility index (Phi) is 3.82. The van der Waals surface area contributed by atoms with Crippen molar-refractivity contribution in [2.24, 2.45) is 0 Å². The van der Waals surface area contributed by atoms with Crippen LogP contribution in [0.15, 0.2) is 24.3 Å². The molecule has 1 aliphatic carbocycles. The van der Waals surface area contributed by atoms with Gasteiger partial charge in [0.05, 0.1) is 5.41 Å². The summed E-state index contributed by atoms with van der Waals surface area (Å²) in [6, 6.07) is 8.41. The van der Waals surface area contributed by atoms with Gasteiger partial charge in [0.25, 0.3) is 0 Å². The van der Waals surface area contributed by atoms with E-state index in [-0.39, 0.29) is 10.8 Å². The van der Waals surface area contributed by atoms with Crippen LogP contribution in [0.2, 0.25) is 0 Å². The van der Waals surface area contributed by atoms with Crippen LogP contribution in [0.25, 0.3) is 0 Å². The highest BCUT2D eigenvalue weighted by molar-refractivity contribution is 6.03. The minimum absolute atomic E-state index is 0.203. The van der Waals surface area contributed by atoms with Gasteiger partial charge in [0.2, 0.25) is 0 Å². The Bertz CT molecular complexity index is 470. The molecule has 104 valence electrons. The quantitative estimate of drug-likeness (QED) is 0.775. The van der Waals surface area contributed by atoms with Crippen LogP contribution in [0.1, 0.15) is 51.7 Å². The van der Waals surface area contributed by atoms with E-state index in [1.807, 2.05) is 19.9 Å². The van der Waals surface area contributed by atoms with Crippen molar-refractivity contribution in [3.05, 3.63) is 35.4 Å². The lowest BCUT2D eigenvalue weighted by Gasteiger charge is -2.34. The zero-order chi connectivity index (χ0) is 14.1. The number of hydrogen-bond donors (Lipinski definition) is 1. The highest BCUT2D eigenvalue weighted by Crippen LogP contribution is 2.50. The van der Waals surface area contributed by atoms with E-state index in [4.69, 9.17) is 0 Å². The van der Waals surface area contributed by atoms with Gasteiger partial charge < -0.3 is 5.32 Å². The van der Waals surface area contributed by atoms with E-state index < -0.39 is 0 Å². The second-order valence-electron chi connectivity index (χ2n) is 5.83. The van der Waals surface area contributed by atoms with Crippen LogP contribution in [0, 0.1) is 0 Å². The third kappa shape index (κ3) is 1.93. The van der Waals surface area contributed by atoms with Crippen molar-refractivity contribution >= 4 is 5.78 Å². The summed E-state index contributed by atoms with van der Waals surface area (Å²) >= 11 is 0. The monoisotopic (exact) mass is 259 g/mol. The predicted octanol–water partition coefficient (Wildman–Crippen LogP) is 3.19. The molecule has 2 aliphatic rings. The van der Waals surface area contributed by atoms with Crippen LogP contribution >= 0.6 is 0 Å². The van der Waals surface area contributed by atoms with Gasteiger partial charge in [-0.25, -0.2) is 0 Å². The van der Waals surface area contributed by atoms with Gasteiger partial charge in [0.15, 0.2) is 5.78 Å². The average molecular weight is 259 g/mol. The summed E-state index contributed by atoms with van der Waals surface area (Å²) in [6.45, 7) is 10.1. The minimum atomic E-state index is -0.312. The van der Waals surface area contributed by atoms with E-state index in [2.05, 4.69) is 37.4 Å². The standard InChI is InChI=1S/C15H19NO.C2H6/c1-14(2)11-5-3-4-6-12(11)15(13(14)17)7-9-16-10-8-15;1-2/h3-6,16H,7-10H2,1-2H3;1-2H3. The predicted molar refractivity (Wildman–Crippen MR) is 79.6 cm³/mol.